The molecule has 0 spiro atoms. The van der Waals surface area contributed by atoms with E-state index in [-0.39, 0.29) is 25.7 Å². The Labute approximate surface area is 632 Å². The quantitative estimate of drug-likeness (QED) is 0.0222. The van der Waals surface area contributed by atoms with Gasteiger partial charge in [0.25, 0.3) is 0 Å². The number of ether oxygens (including phenoxy) is 4. The normalized spacial score (nSPS) is 13.9. The lowest BCUT2D eigenvalue weighted by molar-refractivity contribution is -0.161. The molecule has 3 N–H and O–H groups in total. The van der Waals surface area contributed by atoms with Crippen LogP contribution in [0.4, 0.5) is 0 Å². The summed E-state index contributed by atoms with van der Waals surface area (Å²) in [4.78, 5) is 73.2. The number of carbonyl (C=O) groups is 4. The molecule has 0 aromatic carbocycles. The van der Waals surface area contributed by atoms with E-state index in [4.69, 9.17) is 37.0 Å². The highest BCUT2D eigenvalue weighted by Crippen LogP contribution is 2.45. The first-order chi connectivity index (χ1) is 49.7. The van der Waals surface area contributed by atoms with Gasteiger partial charge in [0, 0.05) is 25.7 Å². The van der Waals surface area contributed by atoms with Crippen LogP contribution in [0.5, 0.6) is 0 Å². The summed E-state index contributed by atoms with van der Waals surface area (Å²) in [5.41, 5.74) is 0. The molecule has 0 heterocycles. The molecular weight excluding hydrogens is 1340 g/mol. The van der Waals surface area contributed by atoms with E-state index in [1.54, 1.807) is 0 Å². The average molecular weight is 1510 g/mol. The van der Waals surface area contributed by atoms with Crippen molar-refractivity contribution in [1.29, 1.82) is 0 Å². The predicted molar refractivity (Wildman–Crippen MR) is 423 cm³/mol. The summed E-state index contributed by atoms with van der Waals surface area (Å²) in [6.45, 7) is 12.0. The van der Waals surface area contributed by atoms with E-state index in [1.807, 2.05) is 0 Å². The Morgan fingerprint density at radius 3 is 0.660 bits per heavy atom. The van der Waals surface area contributed by atoms with Gasteiger partial charge in [-0.3, -0.25) is 37.3 Å². The summed E-state index contributed by atoms with van der Waals surface area (Å²) < 4.78 is 68.9. The van der Waals surface area contributed by atoms with Crippen molar-refractivity contribution in [2.45, 2.75) is 458 Å². The van der Waals surface area contributed by atoms with E-state index < -0.39 is 97.5 Å². The number of phosphoric acid groups is 2. The molecule has 0 bridgehead atoms. The first-order valence-corrected chi connectivity index (χ1v) is 46.3. The minimum atomic E-state index is -4.96. The largest absolute Gasteiger partial charge is 0.472 e. The Hall–Kier alpha value is -1.94. The molecule has 5 atom stereocenters. The van der Waals surface area contributed by atoms with Gasteiger partial charge in [-0.15, -0.1) is 0 Å². The fraction of sp³-hybridized carbons (Fsp3) is 0.952. The molecule has 2 unspecified atom stereocenters. The van der Waals surface area contributed by atoms with E-state index in [0.717, 1.165) is 108 Å². The molecule has 0 amide bonds. The molecule has 19 heteroatoms. The molecule has 0 aromatic rings. The van der Waals surface area contributed by atoms with Crippen LogP contribution in [-0.2, 0) is 65.4 Å². The Morgan fingerprint density at radius 1 is 0.262 bits per heavy atom. The van der Waals surface area contributed by atoms with Crippen molar-refractivity contribution >= 4 is 39.5 Å². The van der Waals surface area contributed by atoms with Gasteiger partial charge in [-0.25, -0.2) is 9.13 Å². The van der Waals surface area contributed by atoms with E-state index in [1.165, 1.54) is 250 Å². The Morgan fingerprint density at radius 2 is 0.447 bits per heavy atom. The fourth-order valence-corrected chi connectivity index (χ4v) is 14.6. The van der Waals surface area contributed by atoms with Crippen LogP contribution < -0.4 is 0 Å². The maximum atomic E-state index is 13.1. The lowest BCUT2D eigenvalue weighted by Crippen LogP contribution is -2.30. The number of aliphatic hydroxyl groups is 1. The van der Waals surface area contributed by atoms with Crippen molar-refractivity contribution in [3.8, 4) is 0 Å². The number of hydrogen-bond donors (Lipinski definition) is 3. The van der Waals surface area contributed by atoms with Crippen molar-refractivity contribution in [2.24, 2.45) is 17.8 Å². The third-order valence-electron chi connectivity index (χ3n) is 19.6. The second-order valence-electron chi connectivity index (χ2n) is 31.6. The fourth-order valence-electron chi connectivity index (χ4n) is 13.0. The molecule has 0 aromatic heterocycles. The molecule has 0 fully saturated rings. The van der Waals surface area contributed by atoms with Crippen LogP contribution in [0.15, 0.2) is 0 Å². The van der Waals surface area contributed by atoms with Crippen LogP contribution in [0, 0.1) is 17.8 Å². The lowest BCUT2D eigenvalue weighted by Gasteiger charge is -2.21. The highest BCUT2D eigenvalue weighted by atomic mass is 31.2. The van der Waals surface area contributed by atoms with Crippen molar-refractivity contribution in [3.63, 3.8) is 0 Å². The zero-order chi connectivity index (χ0) is 75.8. The first kappa shape index (κ1) is 101. The van der Waals surface area contributed by atoms with Gasteiger partial charge in [0.05, 0.1) is 26.4 Å². The van der Waals surface area contributed by atoms with Crippen molar-refractivity contribution < 1.29 is 80.2 Å². The summed E-state index contributed by atoms with van der Waals surface area (Å²) in [7, 11) is -9.93. The highest BCUT2D eigenvalue weighted by Gasteiger charge is 2.30. The van der Waals surface area contributed by atoms with Crippen molar-refractivity contribution in [1.82, 2.24) is 0 Å². The Bertz CT molecular complexity index is 1990. The lowest BCUT2D eigenvalue weighted by atomic mass is 10.0. The minimum Gasteiger partial charge on any atom is -0.462 e. The number of aliphatic hydroxyl groups excluding tert-OH is 1. The SMILES string of the molecule is CCCCCCCCCCCCCCCC(=O)OC[C@H](COP(=O)(O)OC[C@H](O)COP(=O)(O)OC[C@@H](COC(=O)CCCCCCCCCCCCCCCCC(C)C)OC(=O)CCCCCCCCCCCCCCCCCCC(C)C)OC(=O)CCCCCCCCCCCCCC(C)C. The summed E-state index contributed by atoms with van der Waals surface area (Å²) >= 11 is 0. The topological polar surface area (TPSA) is 237 Å². The maximum Gasteiger partial charge on any atom is 0.472 e. The van der Waals surface area contributed by atoms with Crippen LogP contribution in [0.1, 0.15) is 440 Å². The van der Waals surface area contributed by atoms with E-state index in [2.05, 4.69) is 48.5 Å². The average Bonchev–Trinajstić information content (AvgIpc) is 0.979. The van der Waals surface area contributed by atoms with E-state index >= 15 is 0 Å². The number of esters is 4. The molecular formula is C84H164O17P2. The van der Waals surface area contributed by atoms with Gasteiger partial charge in [-0.2, -0.15) is 0 Å². The Balaban J connectivity index is 5.27. The second kappa shape index (κ2) is 74.2. The first-order valence-electron chi connectivity index (χ1n) is 43.3. The number of unbranched alkanes of at least 4 members (excludes halogenated alkanes) is 50. The van der Waals surface area contributed by atoms with E-state index in [0.29, 0.717) is 25.7 Å². The van der Waals surface area contributed by atoms with Gasteiger partial charge in [0.1, 0.15) is 19.3 Å². The molecule has 0 aliphatic heterocycles. The molecule has 0 aliphatic carbocycles. The Kier molecular flexibility index (Phi) is 72.8. The van der Waals surface area contributed by atoms with Crippen LogP contribution in [0.2, 0.25) is 0 Å². The second-order valence-corrected chi connectivity index (χ2v) is 34.6. The summed E-state index contributed by atoms with van der Waals surface area (Å²) in [6, 6.07) is 0. The van der Waals surface area contributed by atoms with Crippen LogP contribution >= 0.6 is 15.6 Å². The highest BCUT2D eigenvalue weighted by molar-refractivity contribution is 7.47. The summed E-state index contributed by atoms with van der Waals surface area (Å²) in [5.74, 6) is 0.269. The van der Waals surface area contributed by atoms with Crippen molar-refractivity contribution in [2.75, 3.05) is 39.6 Å². The molecule has 0 radical (unpaired) electrons. The number of phosphoric ester groups is 2. The van der Waals surface area contributed by atoms with E-state index in [9.17, 15) is 43.2 Å². The van der Waals surface area contributed by atoms with Gasteiger partial charge in [-0.1, -0.05) is 389 Å². The van der Waals surface area contributed by atoms with Gasteiger partial charge in [0.15, 0.2) is 12.2 Å². The van der Waals surface area contributed by atoms with Gasteiger partial charge in [-0.05, 0) is 43.4 Å². The van der Waals surface area contributed by atoms with Crippen molar-refractivity contribution in [3.05, 3.63) is 0 Å². The monoisotopic (exact) mass is 1510 g/mol. The zero-order valence-corrected chi connectivity index (χ0v) is 69.6. The smallest absolute Gasteiger partial charge is 0.462 e. The van der Waals surface area contributed by atoms with Crippen LogP contribution in [0.25, 0.3) is 0 Å². The third kappa shape index (κ3) is 78.0. The van der Waals surface area contributed by atoms with Crippen LogP contribution in [0.3, 0.4) is 0 Å². The zero-order valence-electron chi connectivity index (χ0n) is 67.8. The molecule has 17 nitrogen and oxygen atoms in total. The van der Waals surface area contributed by atoms with Gasteiger partial charge in [0.2, 0.25) is 0 Å². The maximum absolute atomic E-state index is 13.1. The van der Waals surface area contributed by atoms with Crippen LogP contribution in [-0.4, -0.2) is 96.7 Å². The molecule has 612 valence electrons. The molecule has 0 aliphatic rings. The minimum absolute atomic E-state index is 0.107. The molecule has 103 heavy (non-hydrogen) atoms. The number of hydrogen-bond acceptors (Lipinski definition) is 15. The molecule has 0 rings (SSSR count). The third-order valence-corrected chi connectivity index (χ3v) is 21.5. The standard InChI is InChI=1S/C84H164O17P2/c1-8-9-10-11-12-13-14-21-30-37-44-51-58-65-81(86)94-72-80(101-84(89)68-61-54-47-40-33-26-29-36-43-50-57-64-77(6)7)74-99-103(92,93)97-70-78(85)69-96-102(90,91)98-73-79(71-95-82(87)66-59-52-45-38-31-24-20-19-23-28-35-42-49-56-63-76(4)5)100-83(88)67-60-53-46-39-32-25-18-16-15-17-22-27-34-41-48-55-62-75(2)3/h75-80,85H,8-74H2,1-7H3,(H,90,91)(H,92,93)/t78-,79-,80-/m1/s1. The predicted octanol–water partition coefficient (Wildman–Crippen LogP) is 25.3. The van der Waals surface area contributed by atoms with Gasteiger partial charge >= 0.3 is 39.5 Å². The van der Waals surface area contributed by atoms with Gasteiger partial charge < -0.3 is 33.8 Å². The number of carbonyl (C=O) groups excluding carboxylic acids is 4. The molecule has 0 saturated heterocycles. The summed E-state index contributed by atoms with van der Waals surface area (Å²) in [5, 5.41) is 10.7. The molecule has 0 saturated carbocycles. The summed E-state index contributed by atoms with van der Waals surface area (Å²) in [6.07, 6.45) is 63.7. The number of rotatable bonds is 82.